The van der Waals surface area contributed by atoms with Crippen LogP contribution in [0.5, 0.6) is 0 Å². The zero-order chi connectivity index (χ0) is 20.1. The molecule has 1 N–H and O–H groups in total. The molecule has 0 unspecified atom stereocenters. The summed E-state index contributed by atoms with van der Waals surface area (Å²) in [5.41, 5.74) is 3.26. The van der Waals surface area contributed by atoms with Crippen LogP contribution in [0.2, 0.25) is 0 Å². The number of hydrogen-bond acceptors (Lipinski definition) is 5. The van der Waals surface area contributed by atoms with Crippen LogP contribution >= 0.6 is 0 Å². The van der Waals surface area contributed by atoms with E-state index in [2.05, 4.69) is 22.1 Å². The second-order valence-corrected chi connectivity index (χ2v) is 7.11. The Hall–Kier alpha value is -2.67. The van der Waals surface area contributed by atoms with Gasteiger partial charge in [0.2, 0.25) is 11.9 Å². The van der Waals surface area contributed by atoms with Crippen molar-refractivity contribution in [1.82, 2.24) is 9.55 Å². The van der Waals surface area contributed by atoms with Crippen LogP contribution in [-0.4, -0.2) is 35.7 Å². The van der Waals surface area contributed by atoms with Crippen molar-refractivity contribution in [2.24, 2.45) is 0 Å². The number of aryl methyl sites for hydroxylation is 2. The normalized spacial score (nSPS) is 13.8. The number of aromatic nitrogens is 2. The van der Waals surface area contributed by atoms with Crippen molar-refractivity contribution in [2.45, 2.75) is 46.3 Å². The van der Waals surface area contributed by atoms with E-state index >= 15 is 0 Å². The van der Waals surface area contributed by atoms with E-state index in [1.165, 1.54) is 10.6 Å². The molecule has 7 nitrogen and oxygen atoms in total. The third kappa shape index (κ3) is 4.42. The van der Waals surface area contributed by atoms with Gasteiger partial charge in [0.25, 0.3) is 5.56 Å². The first-order valence-electron chi connectivity index (χ1n) is 9.76. The Kier molecular flexibility index (Phi) is 6.46. The number of hydrogen-bond donors (Lipinski definition) is 1. The summed E-state index contributed by atoms with van der Waals surface area (Å²) in [6.45, 7) is 5.90. The van der Waals surface area contributed by atoms with Crippen LogP contribution in [0.3, 0.4) is 0 Å². The van der Waals surface area contributed by atoms with Crippen LogP contribution in [0, 0.1) is 6.92 Å². The average molecular weight is 384 g/mol. The van der Waals surface area contributed by atoms with Crippen LogP contribution < -0.4 is 15.8 Å². The molecule has 7 heteroatoms. The molecule has 2 heterocycles. The Morgan fingerprint density at radius 3 is 2.71 bits per heavy atom. The summed E-state index contributed by atoms with van der Waals surface area (Å²) < 4.78 is 6.59. The maximum Gasteiger partial charge on any atom is 0.255 e. The van der Waals surface area contributed by atoms with Gasteiger partial charge < -0.3 is 15.0 Å². The lowest BCUT2D eigenvalue weighted by atomic mass is 10.1. The summed E-state index contributed by atoms with van der Waals surface area (Å²) in [5.74, 6) is 0.320. The van der Waals surface area contributed by atoms with E-state index in [1.54, 1.807) is 7.11 Å². The van der Waals surface area contributed by atoms with Crippen molar-refractivity contribution in [3.63, 3.8) is 0 Å². The fraction of sp³-hybridized carbons (Fsp3) is 0.476. The molecule has 0 radical (unpaired) electrons. The van der Waals surface area contributed by atoms with Gasteiger partial charge in [0.15, 0.2) is 0 Å². The smallest absolute Gasteiger partial charge is 0.255 e. The van der Waals surface area contributed by atoms with Crippen LogP contribution in [0.4, 0.5) is 11.6 Å². The molecular formula is C21H28N4O3. The molecule has 1 amide bonds. The molecule has 0 atom stereocenters. The topological polar surface area (TPSA) is 76.5 Å². The van der Waals surface area contributed by atoms with Gasteiger partial charge in [-0.25, -0.2) is 4.98 Å². The Bertz CT molecular complexity index is 901. The highest BCUT2D eigenvalue weighted by Gasteiger charge is 2.21. The lowest BCUT2D eigenvalue weighted by Gasteiger charge is -2.22. The van der Waals surface area contributed by atoms with Crippen LogP contribution in [0.1, 0.15) is 36.6 Å². The molecule has 2 aromatic rings. The molecule has 0 aliphatic carbocycles. The van der Waals surface area contributed by atoms with Crippen molar-refractivity contribution in [2.75, 3.05) is 30.4 Å². The van der Waals surface area contributed by atoms with Gasteiger partial charge in [0.1, 0.15) is 6.54 Å². The van der Waals surface area contributed by atoms with Crippen molar-refractivity contribution in [3.05, 3.63) is 51.4 Å². The van der Waals surface area contributed by atoms with Gasteiger partial charge in [0, 0.05) is 32.0 Å². The number of anilines is 2. The molecule has 0 spiro atoms. The van der Waals surface area contributed by atoms with Crippen molar-refractivity contribution >= 4 is 17.5 Å². The molecule has 0 saturated carbocycles. The van der Waals surface area contributed by atoms with E-state index in [0.717, 1.165) is 49.2 Å². The number of nitrogens with zero attached hydrogens (tertiary/aromatic N) is 3. The van der Waals surface area contributed by atoms with Crippen molar-refractivity contribution < 1.29 is 9.53 Å². The number of rotatable bonds is 7. The maximum absolute atomic E-state index is 12.8. The predicted octanol–water partition coefficient (Wildman–Crippen LogP) is 2.50. The Balaban J connectivity index is 1.89. The van der Waals surface area contributed by atoms with E-state index in [1.807, 2.05) is 25.1 Å². The predicted molar refractivity (Wildman–Crippen MR) is 110 cm³/mol. The fourth-order valence-corrected chi connectivity index (χ4v) is 3.59. The Morgan fingerprint density at radius 1 is 1.29 bits per heavy atom. The summed E-state index contributed by atoms with van der Waals surface area (Å²) in [7, 11) is 1.57. The Morgan fingerprint density at radius 2 is 2.04 bits per heavy atom. The minimum absolute atomic E-state index is 0.0670. The van der Waals surface area contributed by atoms with Gasteiger partial charge in [0.05, 0.1) is 12.3 Å². The molecule has 1 saturated heterocycles. The zero-order valence-electron chi connectivity index (χ0n) is 16.8. The van der Waals surface area contributed by atoms with Crippen molar-refractivity contribution in [1.29, 1.82) is 0 Å². The maximum atomic E-state index is 12.8. The van der Waals surface area contributed by atoms with Crippen molar-refractivity contribution in [3.8, 4) is 0 Å². The minimum Gasteiger partial charge on any atom is -0.378 e. The van der Waals surface area contributed by atoms with Crippen LogP contribution in [-0.2, 0) is 29.1 Å². The third-order valence-corrected chi connectivity index (χ3v) is 5.03. The lowest BCUT2D eigenvalue weighted by molar-refractivity contribution is -0.116. The van der Waals surface area contributed by atoms with E-state index < -0.39 is 0 Å². The summed E-state index contributed by atoms with van der Waals surface area (Å²) in [6.07, 6.45) is 2.93. The monoisotopic (exact) mass is 384 g/mol. The van der Waals surface area contributed by atoms with E-state index in [4.69, 9.17) is 4.74 Å². The molecule has 1 aliphatic rings. The second-order valence-electron chi connectivity index (χ2n) is 7.11. The second kappa shape index (κ2) is 9.01. The fourth-order valence-electron chi connectivity index (χ4n) is 3.59. The number of para-hydroxylation sites is 1. The van der Waals surface area contributed by atoms with Gasteiger partial charge in [-0.2, -0.15) is 0 Å². The Labute approximate surface area is 165 Å². The SMILES string of the molecule is CCc1cccc(C)c1NC(=O)Cn1c(N2CCCC2)nc(COC)cc1=O. The number of benzene rings is 1. The lowest BCUT2D eigenvalue weighted by Crippen LogP contribution is -2.35. The summed E-state index contributed by atoms with van der Waals surface area (Å²) >= 11 is 0. The van der Waals surface area contributed by atoms with E-state index in [9.17, 15) is 9.59 Å². The van der Waals surface area contributed by atoms with E-state index in [-0.39, 0.29) is 24.6 Å². The minimum atomic E-state index is -0.236. The number of carbonyl (C=O) groups is 1. The van der Waals surface area contributed by atoms with Gasteiger partial charge in [-0.05, 0) is 37.3 Å². The first-order valence-corrected chi connectivity index (χ1v) is 9.76. The number of ether oxygens (including phenoxy) is 1. The molecule has 1 fully saturated rings. The molecule has 0 bridgehead atoms. The van der Waals surface area contributed by atoms with E-state index in [0.29, 0.717) is 11.6 Å². The quantitative estimate of drug-likeness (QED) is 0.794. The molecule has 150 valence electrons. The standard InChI is InChI=1S/C21H28N4O3/c1-4-16-9-7-8-15(2)20(16)23-18(26)13-25-19(27)12-17(14-28-3)22-21(25)24-10-5-6-11-24/h7-9,12H,4-6,10-11,13-14H2,1-3H3,(H,23,26). The largest absolute Gasteiger partial charge is 0.378 e. The number of amides is 1. The molecule has 28 heavy (non-hydrogen) atoms. The van der Waals surface area contributed by atoms with Gasteiger partial charge in [-0.3, -0.25) is 14.2 Å². The first-order chi connectivity index (χ1) is 13.5. The summed E-state index contributed by atoms with van der Waals surface area (Å²) in [4.78, 5) is 32.2. The third-order valence-electron chi connectivity index (χ3n) is 5.03. The molecule has 1 aromatic heterocycles. The number of carbonyl (C=O) groups excluding carboxylic acids is 1. The average Bonchev–Trinajstić information content (AvgIpc) is 3.20. The highest BCUT2D eigenvalue weighted by molar-refractivity contribution is 5.92. The zero-order valence-corrected chi connectivity index (χ0v) is 16.8. The highest BCUT2D eigenvalue weighted by Crippen LogP contribution is 2.22. The highest BCUT2D eigenvalue weighted by atomic mass is 16.5. The molecular weight excluding hydrogens is 356 g/mol. The first kappa shape index (κ1) is 20.1. The van der Waals surface area contributed by atoms with Gasteiger partial charge in [-0.15, -0.1) is 0 Å². The summed E-state index contributed by atoms with van der Waals surface area (Å²) in [5, 5.41) is 2.99. The molecule has 1 aromatic carbocycles. The van der Waals surface area contributed by atoms with Crippen LogP contribution in [0.15, 0.2) is 29.1 Å². The number of methoxy groups -OCH3 is 1. The molecule has 3 rings (SSSR count). The van der Waals surface area contributed by atoms with Crippen LogP contribution in [0.25, 0.3) is 0 Å². The van der Waals surface area contributed by atoms with Gasteiger partial charge in [-0.1, -0.05) is 25.1 Å². The molecule has 1 aliphatic heterocycles. The van der Waals surface area contributed by atoms with Gasteiger partial charge >= 0.3 is 0 Å². The number of nitrogens with one attached hydrogen (secondary N) is 1. The summed E-state index contributed by atoms with van der Waals surface area (Å²) in [6, 6.07) is 7.41.